The van der Waals surface area contributed by atoms with E-state index in [1.165, 1.54) is 42.1 Å². The number of Topliss-reactive ketones (excluding diaryl/α,β-unsaturated/α-hetero) is 1. The molecule has 8 nitrogen and oxygen atoms in total. The van der Waals surface area contributed by atoms with Gasteiger partial charge in [-0.1, -0.05) is 48.2 Å². The number of fused-ring (bicyclic) bond motifs is 3. The van der Waals surface area contributed by atoms with Gasteiger partial charge in [-0.15, -0.1) is 0 Å². The maximum absolute atomic E-state index is 12.9. The van der Waals surface area contributed by atoms with Crippen molar-refractivity contribution in [3.05, 3.63) is 100 Å². The van der Waals surface area contributed by atoms with E-state index < -0.39 is 12.6 Å². The molecule has 3 aromatic carbocycles. The number of rotatable bonds is 9. The van der Waals surface area contributed by atoms with E-state index in [0.29, 0.717) is 22.2 Å². The Morgan fingerprint density at radius 2 is 1.60 bits per heavy atom. The third-order valence-corrected chi connectivity index (χ3v) is 7.31. The number of anilines is 1. The number of ketones is 1. The van der Waals surface area contributed by atoms with Gasteiger partial charge in [0.2, 0.25) is 5.91 Å². The number of carbonyl (C=O) groups excluding carboxylic acids is 3. The zero-order valence-corrected chi connectivity index (χ0v) is 23.1. The van der Waals surface area contributed by atoms with Crippen LogP contribution < -0.4 is 10.1 Å². The molecular formula is C31H27N3O5S. The predicted molar refractivity (Wildman–Crippen MR) is 153 cm³/mol. The Morgan fingerprint density at radius 1 is 0.875 bits per heavy atom. The summed E-state index contributed by atoms with van der Waals surface area (Å²) >= 11 is 1.21. The Morgan fingerprint density at radius 3 is 2.38 bits per heavy atom. The SMILES string of the molecule is COc1ccc(C(=O)OCC(=O)c2ccc3c(c2)-c2ccccc2C3)cc1NC(=O)CSc1nc(C)cc(C)n1. The van der Waals surface area contributed by atoms with Crippen molar-refractivity contribution in [3.63, 3.8) is 0 Å². The molecule has 0 saturated heterocycles. The minimum absolute atomic E-state index is 0.0699. The molecule has 202 valence electrons. The van der Waals surface area contributed by atoms with Crippen LogP contribution in [0.25, 0.3) is 11.1 Å². The summed E-state index contributed by atoms with van der Waals surface area (Å²) in [4.78, 5) is 46.9. The van der Waals surface area contributed by atoms with Gasteiger partial charge in [-0.3, -0.25) is 9.59 Å². The fourth-order valence-electron chi connectivity index (χ4n) is 4.60. The summed E-state index contributed by atoms with van der Waals surface area (Å²) in [7, 11) is 1.47. The Hall–Kier alpha value is -4.50. The lowest BCUT2D eigenvalue weighted by molar-refractivity contribution is -0.113. The zero-order chi connectivity index (χ0) is 28.2. The molecule has 1 amide bonds. The van der Waals surface area contributed by atoms with E-state index in [0.717, 1.165) is 28.9 Å². The number of methoxy groups -OCH3 is 1. The number of benzene rings is 3. The van der Waals surface area contributed by atoms with Crippen LogP contribution in [0, 0.1) is 13.8 Å². The number of esters is 1. The van der Waals surface area contributed by atoms with Crippen molar-refractivity contribution < 1.29 is 23.9 Å². The monoisotopic (exact) mass is 553 g/mol. The number of ether oxygens (including phenoxy) is 2. The van der Waals surface area contributed by atoms with Crippen molar-refractivity contribution in [1.29, 1.82) is 0 Å². The summed E-state index contributed by atoms with van der Waals surface area (Å²) in [5.74, 6) is -0.846. The standard InChI is InChI=1S/C31H27N3O5S/c1-18-12-19(2)33-31(32-18)40-17-29(36)34-26-15-23(10-11-28(26)38-3)30(37)39-16-27(35)22-9-8-21-13-20-6-4-5-7-24(20)25(21)14-22/h4-12,14-15H,13,16-17H2,1-3H3,(H,34,36). The number of nitrogens with zero attached hydrogens (tertiary/aromatic N) is 2. The summed E-state index contributed by atoms with van der Waals surface area (Å²) in [5, 5.41) is 3.27. The smallest absolute Gasteiger partial charge is 0.338 e. The molecule has 9 heteroatoms. The molecule has 1 N–H and O–H groups in total. The third kappa shape index (κ3) is 6.05. The van der Waals surface area contributed by atoms with Crippen molar-refractivity contribution in [2.45, 2.75) is 25.4 Å². The molecule has 0 atom stereocenters. The number of nitrogens with one attached hydrogen (secondary N) is 1. The highest BCUT2D eigenvalue weighted by molar-refractivity contribution is 7.99. The number of amides is 1. The molecule has 1 heterocycles. The second kappa shape index (κ2) is 11.7. The van der Waals surface area contributed by atoms with Crippen molar-refractivity contribution in [2.75, 3.05) is 24.8 Å². The Balaban J connectivity index is 1.21. The van der Waals surface area contributed by atoms with Gasteiger partial charge in [-0.25, -0.2) is 14.8 Å². The number of aromatic nitrogens is 2. The van der Waals surface area contributed by atoms with Crippen LogP contribution in [0.2, 0.25) is 0 Å². The Kier molecular flexibility index (Phi) is 7.93. The van der Waals surface area contributed by atoms with Gasteiger partial charge in [-0.2, -0.15) is 0 Å². The van der Waals surface area contributed by atoms with Gasteiger partial charge in [0.05, 0.1) is 24.1 Å². The van der Waals surface area contributed by atoms with E-state index >= 15 is 0 Å². The Labute approximate surface area is 236 Å². The molecule has 0 aliphatic heterocycles. The first-order valence-electron chi connectivity index (χ1n) is 12.6. The van der Waals surface area contributed by atoms with Crippen LogP contribution >= 0.6 is 11.8 Å². The summed E-state index contributed by atoms with van der Waals surface area (Å²) in [6, 6.07) is 20.1. The number of hydrogen-bond donors (Lipinski definition) is 1. The second-order valence-corrected chi connectivity index (χ2v) is 10.3. The van der Waals surface area contributed by atoms with Crippen LogP contribution in [0.4, 0.5) is 5.69 Å². The topological polar surface area (TPSA) is 107 Å². The van der Waals surface area contributed by atoms with Crippen molar-refractivity contribution >= 4 is 35.1 Å². The first-order valence-corrected chi connectivity index (χ1v) is 13.6. The minimum Gasteiger partial charge on any atom is -0.495 e. The van der Waals surface area contributed by atoms with Gasteiger partial charge < -0.3 is 14.8 Å². The van der Waals surface area contributed by atoms with Crippen molar-refractivity contribution in [2.24, 2.45) is 0 Å². The number of hydrogen-bond acceptors (Lipinski definition) is 8. The summed E-state index contributed by atoms with van der Waals surface area (Å²) in [6.45, 7) is 3.33. The van der Waals surface area contributed by atoms with E-state index in [4.69, 9.17) is 9.47 Å². The van der Waals surface area contributed by atoms with Gasteiger partial charge in [-0.05, 0) is 72.9 Å². The predicted octanol–water partition coefficient (Wildman–Crippen LogP) is 5.44. The largest absolute Gasteiger partial charge is 0.495 e. The van der Waals surface area contributed by atoms with Gasteiger partial charge in [0.25, 0.3) is 0 Å². The maximum Gasteiger partial charge on any atom is 0.338 e. The molecule has 5 rings (SSSR count). The average Bonchev–Trinajstić information content (AvgIpc) is 3.32. The summed E-state index contributed by atoms with van der Waals surface area (Å²) in [6.07, 6.45) is 0.837. The number of thioether (sulfide) groups is 1. The van der Waals surface area contributed by atoms with Crippen molar-refractivity contribution in [1.82, 2.24) is 9.97 Å². The highest BCUT2D eigenvalue weighted by Crippen LogP contribution is 2.37. The number of carbonyl (C=O) groups is 3. The van der Waals surface area contributed by atoms with Crippen LogP contribution in [0.5, 0.6) is 5.75 Å². The molecule has 4 aromatic rings. The van der Waals surface area contributed by atoms with Gasteiger partial charge in [0.15, 0.2) is 17.5 Å². The van der Waals surface area contributed by atoms with E-state index in [9.17, 15) is 14.4 Å². The molecule has 0 unspecified atom stereocenters. The van der Waals surface area contributed by atoms with E-state index in [1.54, 1.807) is 12.1 Å². The molecular weight excluding hydrogens is 526 g/mol. The van der Waals surface area contributed by atoms with Crippen LogP contribution in [-0.4, -0.2) is 47.1 Å². The molecule has 0 radical (unpaired) electrons. The lowest BCUT2D eigenvalue weighted by atomic mass is 10.0. The fraction of sp³-hybridized carbons (Fsp3) is 0.194. The van der Waals surface area contributed by atoms with Crippen molar-refractivity contribution in [3.8, 4) is 16.9 Å². The molecule has 0 fully saturated rings. The first-order chi connectivity index (χ1) is 19.3. The average molecular weight is 554 g/mol. The molecule has 1 aromatic heterocycles. The zero-order valence-electron chi connectivity index (χ0n) is 22.3. The van der Waals surface area contributed by atoms with Gasteiger partial charge in [0.1, 0.15) is 5.75 Å². The van der Waals surface area contributed by atoms with E-state index in [-0.39, 0.29) is 23.0 Å². The summed E-state index contributed by atoms with van der Waals surface area (Å²) in [5.41, 5.74) is 7.17. The molecule has 40 heavy (non-hydrogen) atoms. The van der Waals surface area contributed by atoms with Crippen LogP contribution in [0.1, 0.15) is 43.2 Å². The van der Waals surface area contributed by atoms with E-state index in [1.807, 2.05) is 50.2 Å². The quantitative estimate of drug-likeness (QED) is 0.111. The highest BCUT2D eigenvalue weighted by atomic mass is 32.2. The fourth-order valence-corrected chi connectivity index (χ4v) is 5.35. The summed E-state index contributed by atoms with van der Waals surface area (Å²) < 4.78 is 10.7. The molecule has 1 aliphatic rings. The first kappa shape index (κ1) is 27.1. The molecule has 0 spiro atoms. The van der Waals surface area contributed by atoms with E-state index in [2.05, 4.69) is 21.4 Å². The van der Waals surface area contributed by atoms with Crippen LogP contribution in [0.15, 0.2) is 71.9 Å². The second-order valence-electron chi connectivity index (χ2n) is 9.39. The lowest BCUT2D eigenvalue weighted by Gasteiger charge is -2.12. The lowest BCUT2D eigenvalue weighted by Crippen LogP contribution is -2.17. The normalized spacial score (nSPS) is 11.4. The van der Waals surface area contributed by atoms with Crippen LogP contribution in [-0.2, 0) is 16.0 Å². The Bertz CT molecular complexity index is 1620. The van der Waals surface area contributed by atoms with Crippen LogP contribution in [0.3, 0.4) is 0 Å². The molecule has 0 saturated carbocycles. The minimum atomic E-state index is -0.684. The highest BCUT2D eigenvalue weighted by Gasteiger charge is 2.21. The maximum atomic E-state index is 12.9. The number of aryl methyl sites for hydroxylation is 2. The van der Waals surface area contributed by atoms with Gasteiger partial charge in [0, 0.05) is 17.0 Å². The third-order valence-electron chi connectivity index (χ3n) is 6.46. The molecule has 0 bridgehead atoms. The van der Waals surface area contributed by atoms with Gasteiger partial charge >= 0.3 is 5.97 Å². The molecule has 1 aliphatic carbocycles.